The zero-order valence-corrected chi connectivity index (χ0v) is 10.9. The van der Waals surface area contributed by atoms with E-state index in [1.807, 2.05) is 30.3 Å². The molecule has 0 radical (unpaired) electrons. The maximum absolute atomic E-state index is 10.7. The monoisotopic (exact) mass is 250 g/mol. The molecule has 4 nitrogen and oxygen atoms in total. The zero-order valence-electron chi connectivity index (χ0n) is 10.9. The number of hydrogen-bond acceptors (Lipinski definition) is 4. The number of aliphatic hydroxyl groups is 1. The first-order chi connectivity index (χ1) is 8.68. The van der Waals surface area contributed by atoms with Gasteiger partial charge in [-0.1, -0.05) is 30.3 Å². The van der Waals surface area contributed by atoms with Gasteiger partial charge in [-0.25, -0.2) is 0 Å². The maximum Gasteiger partial charge on any atom is 0.114 e. The molecular weight excluding hydrogens is 228 g/mol. The Morgan fingerprint density at radius 2 is 2.17 bits per heavy atom. The Morgan fingerprint density at radius 1 is 1.44 bits per heavy atom. The van der Waals surface area contributed by atoms with Gasteiger partial charge in [0.1, 0.15) is 5.60 Å². The second-order valence-corrected chi connectivity index (χ2v) is 4.98. The van der Waals surface area contributed by atoms with E-state index in [9.17, 15) is 5.11 Å². The minimum Gasteiger partial charge on any atom is -0.382 e. The van der Waals surface area contributed by atoms with Gasteiger partial charge in [0.15, 0.2) is 0 Å². The molecule has 0 saturated carbocycles. The molecule has 3 N–H and O–H groups in total. The molecule has 1 aliphatic heterocycles. The van der Waals surface area contributed by atoms with Crippen LogP contribution in [0.5, 0.6) is 0 Å². The summed E-state index contributed by atoms with van der Waals surface area (Å²) < 4.78 is 5.34. The Labute approximate surface area is 108 Å². The van der Waals surface area contributed by atoms with Gasteiger partial charge in [-0.05, 0) is 12.0 Å². The Bertz CT molecular complexity index is 371. The molecule has 2 atom stereocenters. The van der Waals surface area contributed by atoms with Crippen LogP contribution in [0.1, 0.15) is 12.0 Å². The smallest absolute Gasteiger partial charge is 0.114 e. The summed E-state index contributed by atoms with van der Waals surface area (Å²) in [5, 5.41) is 10.7. The minimum absolute atomic E-state index is 0.227. The molecule has 1 aliphatic rings. The summed E-state index contributed by atoms with van der Waals surface area (Å²) in [4.78, 5) is 2.22. The lowest BCUT2D eigenvalue weighted by atomic mass is 9.93. The second kappa shape index (κ2) is 5.80. The van der Waals surface area contributed by atoms with E-state index in [4.69, 9.17) is 10.5 Å². The van der Waals surface area contributed by atoms with E-state index in [1.165, 1.54) is 0 Å². The molecule has 1 aromatic rings. The van der Waals surface area contributed by atoms with Crippen LogP contribution in [0.4, 0.5) is 0 Å². The molecule has 0 aromatic heterocycles. The Morgan fingerprint density at radius 3 is 2.72 bits per heavy atom. The van der Waals surface area contributed by atoms with Crippen LogP contribution in [0.25, 0.3) is 0 Å². The highest BCUT2D eigenvalue weighted by Gasteiger charge is 2.33. The summed E-state index contributed by atoms with van der Waals surface area (Å²) in [6.45, 7) is 2.61. The van der Waals surface area contributed by atoms with Crippen molar-refractivity contribution >= 4 is 0 Å². The van der Waals surface area contributed by atoms with Crippen molar-refractivity contribution in [3.05, 3.63) is 35.9 Å². The summed E-state index contributed by atoms with van der Waals surface area (Å²) in [5.41, 5.74) is 5.69. The number of likely N-dealkylation sites (tertiary alicyclic amines) is 1. The zero-order chi connectivity index (χ0) is 13.0. The van der Waals surface area contributed by atoms with E-state index in [0.717, 1.165) is 25.1 Å². The summed E-state index contributed by atoms with van der Waals surface area (Å²) in [6.07, 6.45) is 1.30. The van der Waals surface area contributed by atoms with Gasteiger partial charge in [-0.2, -0.15) is 0 Å². The fourth-order valence-electron chi connectivity index (χ4n) is 2.53. The summed E-state index contributed by atoms with van der Waals surface area (Å²) in [5.74, 6) is 0. The third-order valence-corrected chi connectivity index (χ3v) is 3.70. The van der Waals surface area contributed by atoms with Gasteiger partial charge in [-0.15, -0.1) is 0 Å². The number of ether oxygens (including phenoxy) is 1. The molecule has 1 fully saturated rings. The summed E-state index contributed by atoms with van der Waals surface area (Å²) >= 11 is 0. The van der Waals surface area contributed by atoms with Crippen molar-refractivity contribution in [2.75, 3.05) is 33.3 Å². The van der Waals surface area contributed by atoms with E-state index >= 15 is 0 Å². The van der Waals surface area contributed by atoms with Gasteiger partial charge in [-0.3, -0.25) is 4.90 Å². The number of rotatable bonds is 5. The van der Waals surface area contributed by atoms with Gasteiger partial charge in [0.25, 0.3) is 0 Å². The van der Waals surface area contributed by atoms with Crippen LogP contribution in [0.15, 0.2) is 30.3 Å². The number of nitrogens with zero attached hydrogens (tertiary/aromatic N) is 1. The topological polar surface area (TPSA) is 58.7 Å². The predicted molar refractivity (Wildman–Crippen MR) is 71.2 cm³/mol. The molecule has 1 saturated heterocycles. The quantitative estimate of drug-likeness (QED) is 0.801. The maximum atomic E-state index is 10.7. The van der Waals surface area contributed by atoms with Crippen LogP contribution >= 0.6 is 0 Å². The van der Waals surface area contributed by atoms with Gasteiger partial charge in [0, 0.05) is 33.3 Å². The Kier molecular flexibility index (Phi) is 4.35. The molecule has 0 amide bonds. The highest BCUT2D eigenvalue weighted by atomic mass is 16.5. The number of hydrogen-bond donors (Lipinski definition) is 2. The molecule has 1 heterocycles. The van der Waals surface area contributed by atoms with Crippen molar-refractivity contribution in [2.24, 2.45) is 5.73 Å². The largest absolute Gasteiger partial charge is 0.382 e. The van der Waals surface area contributed by atoms with Crippen LogP contribution in [-0.2, 0) is 10.3 Å². The van der Waals surface area contributed by atoms with Crippen LogP contribution in [0.2, 0.25) is 0 Å². The first-order valence-electron chi connectivity index (χ1n) is 6.41. The molecule has 1 aromatic carbocycles. The molecule has 18 heavy (non-hydrogen) atoms. The first kappa shape index (κ1) is 13.5. The van der Waals surface area contributed by atoms with Gasteiger partial charge in [0.05, 0.1) is 6.10 Å². The van der Waals surface area contributed by atoms with E-state index in [1.54, 1.807) is 7.11 Å². The standard InChI is InChI=1S/C14H22N2O2/c1-18-13-7-8-16(9-13)11-14(17,10-15)12-5-3-2-4-6-12/h2-6,13,17H,7-11,15H2,1H3. The highest BCUT2D eigenvalue weighted by molar-refractivity contribution is 5.23. The average Bonchev–Trinajstić information content (AvgIpc) is 2.87. The van der Waals surface area contributed by atoms with Crippen molar-refractivity contribution in [2.45, 2.75) is 18.1 Å². The summed E-state index contributed by atoms with van der Waals surface area (Å²) in [6, 6.07) is 9.65. The highest BCUT2D eigenvalue weighted by Crippen LogP contribution is 2.23. The molecule has 0 spiro atoms. The van der Waals surface area contributed by atoms with Crippen molar-refractivity contribution in [3.8, 4) is 0 Å². The van der Waals surface area contributed by atoms with E-state index in [-0.39, 0.29) is 12.6 Å². The van der Waals surface area contributed by atoms with E-state index in [0.29, 0.717) is 6.54 Å². The fourth-order valence-corrected chi connectivity index (χ4v) is 2.53. The third-order valence-electron chi connectivity index (χ3n) is 3.70. The second-order valence-electron chi connectivity index (χ2n) is 4.98. The van der Waals surface area contributed by atoms with Gasteiger partial charge in [0.2, 0.25) is 0 Å². The number of nitrogens with two attached hydrogens (primary N) is 1. The number of β-amino-alcohol motifs (C(OH)–C–C–N with tert-alkyl or cyclic N) is 1. The fraction of sp³-hybridized carbons (Fsp3) is 0.571. The Hall–Kier alpha value is -0.940. The molecular formula is C14H22N2O2. The van der Waals surface area contributed by atoms with Crippen LogP contribution < -0.4 is 5.73 Å². The predicted octanol–water partition coefficient (Wildman–Crippen LogP) is 0.554. The summed E-state index contributed by atoms with van der Waals surface area (Å²) in [7, 11) is 1.74. The van der Waals surface area contributed by atoms with Crippen molar-refractivity contribution in [3.63, 3.8) is 0 Å². The third kappa shape index (κ3) is 2.90. The molecule has 2 unspecified atom stereocenters. The average molecular weight is 250 g/mol. The van der Waals surface area contributed by atoms with Crippen LogP contribution in [0.3, 0.4) is 0 Å². The van der Waals surface area contributed by atoms with Crippen LogP contribution in [0, 0.1) is 0 Å². The van der Waals surface area contributed by atoms with Crippen molar-refractivity contribution in [1.82, 2.24) is 4.90 Å². The number of benzene rings is 1. The van der Waals surface area contributed by atoms with E-state index < -0.39 is 5.60 Å². The molecule has 2 rings (SSSR count). The van der Waals surface area contributed by atoms with E-state index in [2.05, 4.69) is 4.90 Å². The molecule has 4 heteroatoms. The van der Waals surface area contributed by atoms with Crippen LogP contribution in [-0.4, -0.2) is 49.4 Å². The molecule has 0 bridgehead atoms. The lowest BCUT2D eigenvalue weighted by molar-refractivity contribution is 0.00825. The number of methoxy groups -OCH3 is 1. The van der Waals surface area contributed by atoms with Crippen molar-refractivity contribution < 1.29 is 9.84 Å². The molecule has 0 aliphatic carbocycles. The van der Waals surface area contributed by atoms with Gasteiger partial charge < -0.3 is 15.6 Å². The normalized spacial score (nSPS) is 24.1. The minimum atomic E-state index is -0.968. The Balaban J connectivity index is 2.05. The van der Waals surface area contributed by atoms with Crippen molar-refractivity contribution in [1.29, 1.82) is 0 Å². The lowest BCUT2D eigenvalue weighted by Gasteiger charge is -2.31. The SMILES string of the molecule is COC1CCN(CC(O)(CN)c2ccccc2)C1. The van der Waals surface area contributed by atoms with Gasteiger partial charge >= 0.3 is 0 Å². The molecule has 100 valence electrons. The first-order valence-corrected chi connectivity index (χ1v) is 6.41. The lowest BCUT2D eigenvalue weighted by Crippen LogP contribution is -2.45.